The summed E-state index contributed by atoms with van der Waals surface area (Å²) in [5.41, 5.74) is 7.24. The van der Waals surface area contributed by atoms with E-state index >= 15 is 0 Å². The second-order valence-electron chi connectivity index (χ2n) is 5.46. The molecule has 4 heteroatoms. The number of aromatic nitrogens is 2. The van der Waals surface area contributed by atoms with Crippen LogP contribution in [0.15, 0.2) is 30.6 Å². The van der Waals surface area contributed by atoms with E-state index in [0.29, 0.717) is 5.92 Å². The molecule has 1 aliphatic heterocycles. The molecule has 2 N–H and O–H groups in total. The van der Waals surface area contributed by atoms with Gasteiger partial charge in [-0.1, -0.05) is 26.0 Å². The summed E-state index contributed by atoms with van der Waals surface area (Å²) in [6, 6.07) is 8.10. The van der Waals surface area contributed by atoms with Crippen LogP contribution in [0.5, 0.6) is 0 Å². The van der Waals surface area contributed by atoms with Crippen molar-refractivity contribution in [2.45, 2.75) is 19.4 Å². The van der Waals surface area contributed by atoms with Crippen molar-refractivity contribution in [2.75, 3.05) is 18.0 Å². The fraction of sp³-hybridized carbons (Fsp3) is 0.429. The molecule has 18 heavy (non-hydrogen) atoms. The third-order valence-electron chi connectivity index (χ3n) is 3.94. The predicted molar refractivity (Wildman–Crippen MR) is 73.5 cm³/mol. The average molecular weight is 242 g/mol. The van der Waals surface area contributed by atoms with Crippen molar-refractivity contribution in [1.82, 2.24) is 9.97 Å². The van der Waals surface area contributed by atoms with Crippen molar-refractivity contribution in [3.05, 3.63) is 30.6 Å². The third-order valence-corrected chi connectivity index (χ3v) is 3.94. The maximum absolute atomic E-state index is 6.33. The highest BCUT2D eigenvalue weighted by Gasteiger charge is 2.42. The normalized spacial score (nSPS) is 18.1. The van der Waals surface area contributed by atoms with Crippen molar-refractivity contribution in [2.24, 2.45) is 11.7 Å². The van der Waals surface area contributed by atoms with Gasteiger partial charge >= 0.3 is 0 Å². The maximum Gasteiger partial charge on any atom is 0.140 e. The first-order valence-corrected chi connectivity index (χ1v) is 6.34. The van der Waals surface area contributed by atoms with Crippen molar-refractivity contribution in [1.29, 1.82) is 0 Å². The van der Waals surface area contributed by atoms with E-state index < -0.39 is 0 Å². The SMILES string of the molecule is CC(C)C1(N)CN(c2ncnc3ccccc23)C1. The number of fused-ring (bicyclic) bond motifs is 1. The van der Waals surface area contributed by atoms with Crippen LogP contribution < -0.4 is 10.6 Å². The molecule has 0 aliphatic carbocycles. The second kappa shape index (κ2) is 3.92. The standard InChI is InChI=1S/C14H18N4/c1-10(2)14(15)7-18(8-14)13-11-5-3-4-6-12(11)16-9-17-13/h3-6,9-10H,7-8,15H2,1-2H3. The van der Waals surface area contributed by atoms with Gasteiger partial charge in [0.2, 0.25) is 0 Å². The molecule has 94 valence electrons. The van der Waals surface area contributed by atoms with Gasteiger partial charge in [-0.05, 0) is 18.1 Å². The van der Waals surface area contributed by atoms with E-state index in [4.69, 9.17) is 5.73 Å². The zero-order valence-corrected chi connectivity index (χ0v) is 10.8. The molecule has 1 aliphatic rings. The molecule has 0 spiro atoms. The zero-order chi connectivity index (χ0) is 12.8. The van der Waals surface area contributed by atoms with Gasteiger partial charge in [0.25, 0.3) is 0 Å². The first-order valence-electron chi connectivity index (χ1n) is 6.34. The minimum atomic E-state index is -0.0773. The molecule has 1 aromatic heterocycles. The monoisotopic (exact) mass is 242 g/mol. The van der Waals surface area contributed by atoms with Crippen molar-refractivity contribution in [3.63, 3.8) is 0 Å². The van der Waals surface area contributed by atoms with Gasteiger partial charge < -0.3 is 10.6 Å². The largest absolute Gasteiger partial charge is 0.352 e. The van der Waals surface area contributed by atoms with E-state index in [1.54, 1.807) is 6.33 Å². The topological polar surface area (TPSA) is 55.0 Å². The van der Waals surface area contributed by atoms with E-state index in [-0.39, 0.29) is 5.54 Å². The number of nitrogens with zero attached hydrogens (tertiary/aromatic N) is 3. The van der Waals surface area contributed by atoms with Crippen LogP contribution in [0.3, 0.4) is 0 Å². The molecule has 0 radical (unpaired) electrons. The van der Waals surface area contributed by atoms with Crippen molar-refractivity contribution < 1.29 is 0 Å². The van der Waals surface area contributed by atoms with Crippen molar-refractivity contribution in [3.8, 4) is 0 Å². The molecule has 0 atom stereocenters. The maximum atomic E-state index is 6.33. The quantitative estimate of drug-likeness (QED) is 0.872. The number of nitrogens with two attached hydrogens (primary N) is 1. The minimum Gasteiger partial charge on any atom is -0.352 e. The molecule has 1 fully saturated rings. The van der Waals surface area contributed by atoms with Gasteiger partial charge in [0.15, 0.2) is 0 Å². The molecule has 0 bridgehead atoms. The number of anilines is 1. The summed E-state index contributed by atoms with van der Waals surface area (Å²) in [7, 11) is 0. The van der Waals surface area contributed by atoms with Crippen LogP contribution in [0, 0.1) is 5.92 Å². The number of hydrogen-bond acceptors (Lipinski definition) is 4. The van der Waals surface area contributed by atoms with Gasteiger partial charge in [-0.3, -0.25) is 0 Å². The Balaban J connectivity index is 1.94. The zero-order valence-electron chi connectivity index (χ0n) is 10.8. The molecule has 3 rings (SSSR count). The highest BCUT2D eigenvalue weighted by Crippen LogP contribution is 2.33. The Labute approximate surface area is 107 Å². The molecule has 0 amide bonds. The summed E-state index contributed by atoms with van der Waals surface area (Å²) in [5, 5.41) is 1.10. The molecule has 2 aromatic rings. The lowest BCUT2D eigenvalue weighted by Crippen LogP contribution is -2.70. The molecular weight excluding hydrogens is 224 g/mol. The summed E-state index contributed by atoms with van der Waals surface area (Å²) >= 11 is 0. The van der Waals surface area contributed by atoms with Crippen LogP contribution in [-0.4, -0.2) is 28.6 Å². The van der Waals surface area contributed by atoms with E-state index in [0.717, 1.165) is 29.8 Å². The van der Waals surface area contributed by atoms with E-state index in [1.165, 1.54) is 0 Å². The van der Waals surface area contributed by atoms with Crippen LogP contribution in [0.25, 0.3) is 10.9 Å². The number of benzene rings is 1. The highest BCUT2D eigenvalue weighted by atomic mass is 15.3. The molecule has 1 aromatic carbocycles. The Morgan fingerprint density at radius 3 is 2.67 bits per heavy atom. The smallest absolute Gasteiger partial charge is 0.140 e. The van der Waals surface area contributed by atoms with Crippen LogP contribution in [0.2, 0.25) is 0 Å². The van der Waals surface area contributed by atoms with Crippen LogP contribution >= 0.6 is 0 Å². The van der Waals surface area contributed by atoms with E-state index in [2.05, 4.69) is 34.8 Å². The van der Waals surface area contributed by atoms with Gasteiger partial charge in [-0.15, -0.1) is 0 Å². The first kappa shape index (κ1) is 11.4. The third kappa shape index (κ3) is 1.64. The van der Waals surface area contributed by atoms with Gasteiger partial charge in [0, 0.05) is 18.5 Å². The van der Waals surface area contributed by atoms with Crippen LogP contribution in [-0.2, 0) is 0 Å². The first-order chi connectivity index (χ1) is 8.60. The summed E-state index contributed by atoms with van der Waals surface area (Å²) < 4.78 is 0. The molecule has 1 saturated heterocycles. The molecule has 4 nitrogen and oxygen atoms in total. The van der Waals surface area contributed by atoms with Gasteiger partial charge in [0.05, 0.1) is 11.1 Å². The summed E-state index contributed by atoms with van der Waals surface area (Å²) in [4.78, 5) is 10.9. The van der Waals surface area contributed by atoms with Gasteiger partial charge in [0.1, 0.15) is 12.1 Å². The van der Waals surface area contributed by atoms with E-state index in [9.17, 15) is 0 Å². The Kier molecular flexibility index (Phi) is 2.48. The lowest BCUT2D eigenvalue weighted by Gasteiger charge is -2.51. The number of hydrogen-bond donors (Lipinski definition) is 1. The van der Waals surface area contributed by atoms with Gasteiger partial charge in [-0.2, -0.15) is 0 Å². The summed E-state index contributed by atoms with van der Waals surface area (Å²) in [6.45, 7) is 6.09. The van der Waals surface area contributed by atoms with Crippen LogP contribution in [0.4, 0.5) is 5.82 Å². The lowest BCUT2D eigenvalue weighted by molar-refractivity contribution is 0.244. The average Bonchev–Trinajstić information content (AvgIpc) is 2.34. The number of rotatable bonds is 2. The Bertz CT molecular complexity index is 568. The molecule has 2 heterocycles. The minimum absolute atomic E-state index is 0.0773. The fourth-order valence-corrected chi connectivity index (χ4v) is 2.42. The van der Waals surface area contributed by atoms with E-state index in [1.807, 2.05) is 18.2 Å². The highest BCUT2D eigenvalue weighted by molar-refractivity contribution is 5.89. The second-order valence-corrected chi connectivity index (χ2v) is 5.46. The summed E-state index contributed by atoms with van der Waals surface area (Å²) in [6.07, 6.45) is 1.63. The Morgan fingerprint density at radius 1 is 1.22 bits per heavy atom. The molecular formula is C14H18N4. The molecule has 0 saturated carbocycles. The predicted octanol–water partition coefficient (Wildman–Crippen LogP) is 1.80. The van der Waals surface area contributed by atoms with Crippen molar-refractivity contribution >= 4 is 16.7 Å². The summed E-state index contributed by atoms with van der Waals surface area (Å²) in [5.74, 6) is 1.49. The van der Waals surface area contributed by atoms with Gasteiger partial charge in [-0.25, -0.2) is 9.97 Å². The van der Waals surface area contributed by atoms with Crippen LogP contribution in [0.1, 0.15) is 13.8 Å². The lowest BCUT2D eigenvalue weighted by atomic mass is 9.80. The Hall–Kier alpha value is -1.68. The molecule has 0 unspecified atom stereocenters. The number of para-hydroxylation sites is 1. The Morgan fingerprint density at radius 2 is 1.94 bits per heavy atom. The fourth-order valence-electron chi connectivity index (χ4n) is 2.42.